The third-order valence-corrected chi connectivity index (χ3v) is 3.41. The van der Waals surface area contributed by atoms with Crippen LogP contribution in [0, 0.1) is 4.77 Å². The maximum absolute atomic E-state index is 12.3. The molecule has 0 aliphatic rings. The van der Waals surface area contributed by atoms with Crippen LogP contribution in [0.15, 0.2) is 23.1 Å². The number of hydrogen-bond donors (Lipinski definition) is 1. The minimum absolute atomic E-state index is 0.0308. The molecule has 0 aliphatic carbocycles. The van der Waals surface area contributed by atoms with E-state index in [1.54, 1.807) is 16.8 Å². The number of nitrogens with one attached hydrogen (secondary N) is 1. The number of aromatic amines is 1. The number of rotatable bonds is 5. The Morgan fingerprint density at radius 2 is 2.21 bits per heavy atom. The van der Waals surface area contributed by atoms with Crippen molar-refractivity contribution in [2.45, 2.75) is 39.8 Å². The van der Waals surface area contributed by atoms with Gasteiger partial charge in [0.25, 0.3) is 5.56 Å². The number of hydrogen-bond acceptors (Lipinski definition) is 3. The molecule has 0 atom stereocenters. The molecule has 0 saturated heterocycles. The fourth-order valence-electron chi connectivity index (χ4n) is 2.00. The van der Waals surface area contributed by atoms with Crippen molar-refractivity contribution in [1.29, 1.82) is 0 Å². The lowest BCUT2D eigenvalue weighted by molar-refractivity contribution is 0.627. The van der Waals surface area contributed by atoms with E-state index in [0.29, 0.717) is 22.7 Å². The summed E-state index contributed by atoms with van der Waals surface area (Å²) >= 11 is 5.23. The first-order valence-electron chi connectivity index (χ1n) is 6.54. The quantitative estimate of drug-likeness (QED) is 0.855. The summed E-state index contributed by atoms with van der Waals surface area (Å²) in [5.41, 5.74) is 0.560. The van der Waals surface area contributed by atoms with Crippen LogP contribution in [0.1, 0.15) is 26.7 Å². The van der Waals surface area contributed by atoms with E-state index in [9.17, 15) is 4.79 Å². The van der Waals surface area contributed by atoms with E-state index < -0.39 is 0 Å². The molecule has 2 aromatic rings. The maximum atomic E-state index is 12.3. The molecule has 2 heterocycles. The number of aromatic nitrogens is 4. The van der Waals surface area contributed by atoms with Crippen LogP contribution in [0.25, 0.3) is 11.4 Å². The average molecular weight is 278 g/mol. The summed E-state index contributed by atoms with van der Waals surface area (Å²) in [6, 6.07) is 3.66. The second-order valence-electron chi connectivity index (χ2n) is 4.37. The fraction of sp³-hybridized carbons (Fsp3) is 0.462. The van der Waals surface area contributed by atoms with E-state index in [1.165, 1.54) is 0 Å². The molecule has 2 rings (SSSR count). The van der Waals surface area contributed by atoms with Gasteiger partial charge in [-0.05, 0) is 37.7 Å². The molecule has 0 amide bonds. The first-order valence-corrected chi connectivity index (χ1v) is 6.94. The lowest BCUT2D eigenvalue weighted by atomic mass is 10.2. The van der Waals surface area contributed by atoms with Crippen LogP contribution in [0.4, 0.5) is 0 Å². The first-order chi connectivity index (χ1) is 9.19. The average Bonchev–Trinajstić information content (AvgIpc) is 2.78. The Balaban J connectivity index is 2.54. The van der Waals surface area contributed by atoms with Crippen LogP contribution in [0.3, 0.4) is 0 Å². The molecule has 0 fully saturated rings. The summed E-state index contributed by atoms with van der Waals surface area (Å²) in [6.07, 6.45) is 3.86. The lowest BCUT2D eigenvalue weighted by Crippen LogP contribution is -2.21. The molecule has 0 aliphatic heterocycles. The molecule has 2 aromatic heterocycles. The Labute approximate surface area is 116 Å². The molecule has 0 bridgehead atoms. The maximum Gasteiger partial charge on any atom is 0.261 e. The van der Waals surface area contributed by atoms with E-state index in [1.807, 2.05) is 17.6 Å². The Morgan fingerprint density at radius 3 is 2.89 bits per heavy atom. The van der Waals surface area contributed by atoms with E-state index in [0.717, 1.165) is 19.4 Å². The number of pyridine rings is 1. The van der Waals surface area contributed by atoms with Crippen molar-refractivity contribution in [3.8, 4) is 11.4 Å². The zero-order valence-corrected chi connectivity index (χ0v) is 12.0. The molecular weight excluding hydrogens is 260 g/mol. The minimum Gasteiger partial charge on any atom is -0.315 e. The monoisotopic (exact) mass is 278 g/mol. The largest absolute Gasteiger partial charge is 0.315 e. The van der Waals surface area contributed by atoms with Gasteiger partial charge >= 0.3 is 0 Å². The van der Waals surface area contributed by atoms with E-state index in [2.05, 4.69) is 17.1 Å². The minimum atomic E-state index is -0.0308. The van der Waals surface area contributed by atoms with Gasteiger partial charge in [-0.3, -0.25) is 9.89 Å². The van der Waals surface area contributed by atoms with Crippen LogP contribution in [-0.4, -0.2) is 19.3 Å². The molecule has 0 aromatic carbocycles. The highest BCUT2D eigenvalue weighted by Crippen LogP contribution is 2.13. The fourth-order valence-corrected chi connectivity index (χ4v) is 2.23. The molecule has 102 valence electrons. The molecular formula is C13H18N4OS. The van der Waals surface area contributed by atoms with Gasteiger partial charge < -0.3 is 9.13 Å². The summed E-state index contributed by atoms with van der Waals surface area (Å²) in [5, 5.41) is 6.98. The van der Waals surface area contributed by atoms with Gasteiger partial charge in [0.2, 0.25) is 0 Å². The third kappa shape index (κ3) is 2.68. The van der Waals surface area contributed by atoms with Crippen molar-refractivity contribution in [1.82, 2.24) is 19.3 Å². The van der Waals surface area contributed by atoms with Gasteiger partial charge in [0.1, 0.15) is 0 Å². The van der Waals surface area contributed by atoms with Crippen LogP contribution in [-0.2, 0) is 13.1 Å². The zero-order chi connectivity index (χ0) is 13.8. The van der Waals surface area contributed by atoms with Crippen molar-refractivity contribution < 1.29 is 0 Å². The van der Waals surface area contributed by atoms with Crippen molar-refractivity contribution in [3.05, 3.63) is 33.5 Å². The van der Waals surface area contributed by atoms with Gasteiger partial charge in [-0.15, -0.1) is 0 Å². The lowest BCUT2D eigenvalue weighted by Gasteiger charge is -2.07. The summed E-state index contributed by atoms with van der Waals surface area (Å²) in [5.74, 6) is 0.631. The molecule has 5 nitrogen and oxygen atoms in total. The standard InChI is InChI=1S/C13H18N4OS/c1-3-5-9-17-11(14-15-13(17)19)10-7-6-8-16(4-2)12(10)18/h6-8H,3-5,9H2,1-2H3,(H,15,19). The van der Waals surface area contributed by atoms with Gasteiger partial charge in [-0.2, -0.15) is 5.10 Å². The Bertz CT molecular complexity index is 668. The van der Waals surface area contributed by atoms with Crippen LogP contribution >= 0.6 is 12.2 Å². The second-order valence-corrected chi connectivity index (χ2v) is 4.76. The SMILES string of the molecule is CCCCn1c(-c2cccn(CC)c2=O)n[nH]c1=S. The van der Waals surface area contributed by atoms with E-state index >= 15 is 0 Å². The Kier molecular flexibility index (Phi) is 4.31. The van der Waals surface area contributed by atoms with Crippen LogP contribution in [0.2, 0.25) is 0 Å². The van der Waals surface area contributed by atoms with Crippen molar-refractivity contribution >= 4 is 12.2 Å². The molecule has 6 heteroatoms. The van der Waals surface area contributed by atoms with Gasteiger partial charge in [0.05, 0.1) is 5.56 Å². The normalized spacial score (nSPS) is 10.8. The molecule has 0 spiro atoms. The van der Waals surface area contributed by atoms with Gasteiger partial charge in [0.15, 0.2) is 10.6 Å². The van der Waals surface area contributed by atoms with Crippen molar-refractivity contribution in [3.63, 3.8) is 0 Å². The first kappa shape index (κ1) is 13.7. The Hall–Kier alpha value is -1.69. The molecule has 0 unspecified atom stereocenters. The molecule has 0 radical (unpaired) electrons. The highest BCUT2D eigenvalue weighted by atomic mass is 32.1. The molecule has 0 saturated carbocycles. The second kappa shape index (κ2) is 5.97. The van der Waals surface area contributed by atoms with Crippen molar-refractivity contribution in [2.75, 3.05) is 0 Å². The summed E-state index contributed by atoms with van der Waals surface area (Å²) < 4.78 is 4.13. The zero-order valence-electron chi connectivity index (χ0n) is 11.2. The highest BCUT2D eigenvalue weighted by Gasteiger charge is 2.12. The van der Waals surface area contributed by atoms with E-state index in [4.69, 9.17) is 12.2 Å². The summed E-state index contributed by atoms with van der Waals surface area (Å²) in [4.78, 5) is 12.3. The number of nitrogens with zero attached hydrogens (tertiary/aromatic N) is 3. The molecule has 1 N–H and O–H groups in total. The van der Waals surface area contributed by atoms with Gasteiger partial charge in [0, 0.05) is 19.3 Å². The number of aryl methyl sites for hydroxylation is 1. The molecule has 19 heavy (non-hydrogen) atoms. The smallest absolute Gasteiger partial charge is 0.261 e. The van der Waals surface area contributed by atoms with Gasteiger partial charge in [-0.1, -0.05) is 13.3 Å². The predicted molar refractivity (Wildman–Crippen MR) is 77.7 cm³/mol. The van der Waals surface area contributed by atoms with E-state index in [-0.39, 0.29) is 5.56 Å². The van der Waals surface area contributed by atoms with Crippen LogP contribution in [0.5, 0.6) is 0 Å². The van der Waals surface area contributed by atoms with Gasteiger partial charge in [-0.25, -0.2) is 0 Å². The number of unbranched alkanes of at least 4 members (excludes halogenated alkanes) is 1. The Morgan fingerprint density at radius 1 is 1.42 bits per heavy atom. The third-order valence-electron chi connectivity index (χ3n) is 3.10. The predicted octanol–water partition coefficient (Wildman–Crippen LogP) is 2.59. The highest BCUT2D eigenvalue weighted by molar-refractivity contribution is 7.71. The van der Waals surface area contributed by atoms with Crippen LogP contribution < -0.4 is 5.56 Å². The summed E-state index contributed by atoms with van der Waals surface area (Å²) in [6.45, 7) is 5.49. The van der Waals surface area contributed by atoms with Crippen molar-refractivity contribution in [2.24, 2.45) is 0 Å². The number of H-pyrrole nitrogens is 1. The summed E-state index contributed by atoms with van der Waals surface area (Å²) in [7, 11) is 0. The topological polar surface area (TPSA) is 55.6 Å².